The number of ketones is 1. The van der Waals surface area contributed by atoms with Crippen LogP contribution in [0.25, 0.3) is 16.7 Å². The number of aromatic hydroxyl groups is 1. The van der Waals surface area contributed by atoms with Gasteiger partial charge in [-0.3, -0.25) is 9.59 Å². The molecule has 10 nitrogen and oxygen atoms in total. The second-order valence-corrected chi connectivity index (χ2v) is 9.47. The number of H-pyrrole nitrogens is 1. The number of aromatic amines is 1. The third-order valence-corrected chi connectivity index (χ3v) is 7.31. The molecule has 2 heterocycles. The monoisotopic (exact) mass is 558 g/mol. The maximum absolute atomic E-state index is 13.5. The number of methoxy groups -OCH3 is 4. The molecule has 1 aromatic heterocycles. The third-order valence-electron chi connectivity index (χ3n) is 7.31. The topological polar surface area (TPSA) is 131 Å². The Morgan fingerprint density at radius 1 is 0.878 bits per heavy atom. The van der Waals surface area contributed by atoms with Crippen molar-refractivity contribution in [2.45, 2.75) is 12.5 Å². The van der Waals surface area contributed by atoms with Gasteiger partial charge in [0, 0.05) is 29.2 Å². The molecule has 1 atom stereocenters. The van der Waals surface area contributed by atoms with Crippen molar-refractivity contribution in [1.82, 2.24) is 9.88 Å². The van der Waals surface area contributed by atoms with E-state index >= 15 is 0 Å². The Morgan fingerprint density at radius 3 is 2.34 bits per heavy atom. The number of Topliss-reactive ketones (excluding diaryl/α,β-unsaturated/α-hetero) is 1. The summed E-state index contributed by atoms with van der Waals surface area (Å²) in [4.78, 5) is 31.6. The number of aliphatic hydroxyl groups excluding tert-OH is 1. The summed E-state index contributed by atoms with van der Waals surface area (Å²) in [6.45, 7) is 0.172. The molecule has 10 heteroatoms. The molecule has 0 unspecified atom stereocenters. The fourth-order valence-electron chi connectivity index (χ4n) is 5.19. The van der Waals surface area contributed by atoms with Gasteiger partial charge in [-0.05, 0) is 66.1 Å². The van der Waals surface area contributed by atoms with Gasteiger partial charge < -0.3 is 39.0 Å². The Bertz CT molecular complexity index is 1670. The van der Waals surface area contributed by atoms with Crippen LogP contribution in [0.1, 0.15) is 22.7 Å². The third kappa shape index (κ3) is 4.88. The summed E-state index contributed by atoms with van der Waals surface area (Å²) in [6.07, 6.45) is 2.28. The Kier molecular flexibility index (Phi) is 7.47. The van der Waals surface area contributed by atoms with E-state index in [-0.39, 0.29) is 34.9 Å². The average Bonchev–Trinajstić information content (AvgIpc) is 3.52. The zero-order chi connectivity index (χ0) is 29.3. The molecule has 3 N–H and O–H groups in total. The van der Waals surface area contributed by atoms with Gasteiger partial charge in [0.05, 0.1) is 40.1 Å². The van der Waals surface area contributed by atoms with Gasteiger partial charge in [-0.1, -0.05) is 6.07 Å². The lowest BCUT2D eigenvalue weighted by Crippen LogP contribution is -2.31. The van der Waals surface area contributed by atoms with Crippen LogP contribution in [-0.4, -0.2) is 66.8 Å². The van der Waals surface area contributed by atoms with Gasteiger partial charge in [0.2, 0.25) is 0 Å². The van der Waals surface area contributed by atoms with Crippen molar-refractivity contribution in [2.24, 2.45) is 0 Å². The molecule has 212 valence electrons. The second kappa shape index (κ2) is 11.2. The Hall–Kier alpha value is -5.12. The van der Waals surface area contributed by atoms with Crippen molar-refractivity contribution < 1.29 is 38.7 Å². The van der Waals surface area contributed by atoms with Crippen LogP contribution in [-0.2, 0) is 16.0 Å². The number of hydrogen-bond donors (Lipinski definition) is 3. The van der Waals surface area contributed by atoms with Gasteiger partial charge in [0.15, 0.2) is 23.0 Å². The fourth-order valence-corrected chi connectivity index (χ4v) is 5.19. The van der Waals surface area contributed by atoms with Crippen LogP contribution >= 0.6 is 0 Å². The number of nitrogens with one attached hydrogen (secondary N) is 1. The first-order valence-corrected chi connectivity index (χ1v) is 12.8. The molecule has 4 aromatic rings. The molecule has 41 heavy (non-hydrogen) atoms. The Balaban J connectivity index is 1.60. The van der Waals surface area contributed by atoms with E-state index in [1.165, 1.54) is 38.4 Å². The zero-order valence-electron chi connectivity index (χ0n) is 23.1. The number of phenols is 1. The first-order chi connectivity index (χ1) is 19.8. The summed E-state index contributed by atoms with van der Waals surface area (Å²) in [5, 5.41) is 22.6. The first kappa shape index (κ1) is 27.4. The number of aliphatic hydroxyl groups is 1. The van der Waals surface area contributed by atoms with Gasteiger partial charge in [0.1, 0.15) is 11.5 Å². The van der Waals surface area contributed by atoms with Crippen molar-refractivity contribution in [2.75, 3.05) is 35.0 Å². The predicted octanol–water partition coefficient (Wildman–Crippen LogP) is 4.57. The summed E-state index contributed by atoms with van der Waals surface area (Å²) < 4.78 is 21.3. The molecule has 5 rings (SSSR count). The number of likely N-dealkylation sites (tertiary alicyclic amines) is 1. The number of hydrogen-bond acceptors (Lipinski definition) is 8. The number of phenolic OH excluding ortho intramolecular Hbond substituents is 1. The van der Waals surface area contributed by atoms with Crippen LogP contribution in [0.5, 0.6) is 28.7 Å². The Morgan fingerprint density at radius 2 is 1.63 bits per heavy atom. The normalized spacial score (nSPS) is 16.3. The molecule has 1 saturated heterocycles. The smallest absolute Gasteiger partial charge is 0.295 e. The predicted molar refractivity (Wildman–Crippen MR) is 152 cm³/mol. The van der Waals surface area contributed by atoms with Gasteiger partial charge >= 0.3 is 0 Å². The molecule has 0 saturated carbocycles. The molecular formula is C31H30N2O8. The molecule has 1 amide bonds. The largest absolute Gasteiger partial charge is 0.507 e. The van der Waals surface area contributed by atoms with Crippen LogP contribution in [0.3, 0.4) is 0 Å². The van der Waals surface area contributed by atoms with E-state index in [4.69, 9.17) is 18.9 Å². The van der Waals surface area contributed by atoms with Crippen molar-refractivity contribution >= 4 is 28.4 Å². The van der Waals surface area contributed by atoms with E-state index in [0.29, 0.717) is 29.2 Å². The van der Waals surface area contributed by atoms with Gasteiger partial charge in [-0.15, -0.1) is 0 Å². The standard InChI is InChI=1S/C31H30N2O8/c1-38-20-7-8-22-21(15-20)19(16-32-22)11-12-33-28(17-5-9-23(34)25(13-17)40-3)27(30(36)31(33)37)29(35)18-6-10-24(39-2)26(14-18)41-4/h5-10,13-16,28,32,34-35H,11-12H2,1-4H3/t28-/m1/s1. The maximum atomic E-state index is 13.5. The zero-order valence-corrected chi connectivity index (χ0v) is 23.1. The summed E-state index contributed by atoms with van der Waals surface area (Å²) in [7, 11) is 5.95. The van der Waals surface area contributed by atoms with Crippen LogP contribution in [0.15, 0.2) is 66.4 Å². The minimum Gasteiger partial charge on any atom is -0.507 e. The minimum atomic E-state index is -0.947. The number of fused-ring (bicyclic) bond motifs is 1. The number of benzene rings is 3. The van der Waals surface area contributed by atoms with Crippen molar-refractivity contribution in [3.8, 4) is 28.7 Å². The van der Waals surface area contributed by atoms with Gasteiger partial charge in [0.25, 0.3) is 11.7 Å². The van der Waals surface area contributed by atoms with E-state index in [1.54, 1.807) is 31.4 Å². The number of carbonyl (C=O) groups excluding carboxylic acids is 2. The highest BCUT2D eigenvalue weighted by atomic mass is 16.5. The van der Waals surface area contributed by atoms with Crippen LogP contribution < -0.4 is 18.9 Å². The van der Waals surface area contributed by atoms with E-state index in [1.807, 2.05) is 24.4 Å². The second-order valence-electron chi connectivity index (χ2n) is 9.47. The van der Waals surface area contributed by atoms with Crippen molar-refractivity contribution in [3.05, 3.63) is 83.1 Å². The van der Waals surface area contributed by atoms with Crippen LogP contribution in [0.2, 0.25) is 0 Å². The molecule has 0 spiro atoms. The molecule has 3 aromatic carbocycles. The lowest BCUT2D eigenvalue weighted by molar-refractivity contribution is -0.139. The van der Waals surface area contributed by atoms with Gasteiger partial charge in [-0.2, -0.15) is 0 Å². The highest BCUT2D eigenvalue weighted by Crippen LogP contribution is 2.43. The lowest BCUT2D eigenvalue weighted by Gasteiger charge is -2.26. The molecule has 0 aliphatic carbocycles. The summed E-state index contributed by atoms with van der Waals surface area (Å²) in [5.74, 6) is -0.367. The van der Waals surface area contributed by atoms with Crippen molar-refractivity contribution in [3.63, 3.8) is 0 Å². The molecular weight excluding hydrogens is 528 g/mol. The molecule has 0 radical (unpaired) electrons. The number of nitrogens with zero attached hydrogens (tertiary/aromatic N) is 1. The summed E-state index contributed by atoms with van der Waals surface area (Å²) in [6, 6.07) is 14.0. The molecule has 0 bridgehead atoms. The van der Waals surface area contributed by atoms with E-state index in [0.717, 1.165) is 16.5 Å². The molecule has 1 fully saturated rings. The maximum Gasteiger partial charge on any atom is 0.295 e. The van der Waals surface area contributed by atoms with E-state index in [2.05, 4.69) is 4.98 Å². The van der Waals surface area contributed by atoms with E-state index < -0.39 is 17.7 Å². The average molecular weight is 559 g/mol. The Labute approximate surface area is 236 Å². The molecule has 1 aliphatic rings. The highest BCUT2D eigenvalue weighted by molar-refractivity contribution is 6.46. The summed E-state index contributed by atoms with van der Waals surface area (Å²) >= 11 is 0. The first-order valence-electron chi connectivity index (χ1n) is 12.8. The number of aromatic nitrogens is 1. The summed E-state index contributed by atoms with van der Waals surface area (Å²) in [5.41, 5.74) is 2.52. The quantitative estimate of drug-likeness (QED) is 0.155. The van der Waals surface area contributed by atoms with Crippen LogP contribution in [0, 0.1) is 0 Å². The van der Waals surface area contributed by atoms with Crippen molar-refractivity contribution in [1.29, 1.82) is 0 Å². The van der Waals surface area contributed by atoms with E-state index in [9.17, 15) is 19.8 Å². The van der Waals surface area contributed by atoms with Crippen LogP contribution in [0.4, 0.5) is 0 Å². The fraction of sp³-hybridized carbons (Fsp3) is 0.226. The number of ether oxygens (including phenoxy) is 4. The number of carbonyl (C=O) groups is 2. The number of amides is 1. The lowest BCUT2D eigenvalue weighted by atomic mass is 9.94. The minimum absolute atomic E-state index is 0.0874. The SMILES string of the molecule is COc1ccc2[nH]cc(CCN3C(=O)C(=O)C(=C(O)c4ccc(OC)c(OC)c4)[C@H]3c3ccc(O)c(OC)c3)c2c1. The van der Waals surface area contributed by atoms with Gasteiger partial charge in [-0.25, -0.2) is 0 Å². The molecule has 1 aliphatic heterocycles. The number of rotatable bonds is 9. The highest BCUT2D eigenvalue weighted by Gasteiger charge is 2.46.